The number of benzene rings is 1. The minimum atomic E-state index is -3.73. The summed E-state index contributed by atoms with van der Waals surface area (Å²) in [6, 6.07) is 4.33. The second-order valence-electron chi connectivity index (χ2n) is 3.94. The standard InChI is InChI=1S/C11H16FNO3S/c1-8(2)10-7-9(17(13,14)15)3-4-11(10)16-6-5-12/h3-4,7-8H,5-6H2,1-2H3,(H2,13,14,15). The molecule has 4 nitrogen and oxygen atoms in total. The highest BCUT2D eigenvalue weighted by molar-refractivity contribution is 7.89. The number of hydrogen-bond donors (Lipinski definition) is 1. The molecule has 0 aliphatic heterocycles. The Morgan fingerprint density at radius 2 is 2.06 bits per heavy atom. The predicted octanol–water partition coefficient (Wildman–Crippen LogP) is 1.81. The van der Waals surface area contributed by atoms with E-state index < -0.39 is 16.7 Å². The number of primary sulfonamides is 1. The van der Waals surface area contributed by atoms with Crippen molar-refractivity contribution in [2.45, 2.75) is 24.7 Å². The van der Waals surface area contributed by atoms with Crippen molar-refractivity contribution < 1.29 is 17.5 Å². The third kappa shape index (κ3) is 3.67. The van der Waals surface area contributed by atoms with Crippen molar-refractivity contribution >= 4 is 10.0 Å². The third-order valence-electron chi connectivity index (χ3n) is 2.27. The van der Waals surface area contributed by atoms with E-state index in [1.807, 2.05) is 13.8 Å². The van der Waals surface area contributed by atoms with Crippen LogP contribution in [0.5, 0.6) is 5.75 Å². The molecule has 0 aliphatic rings. The first kappa shape index (κ1) is 13.9. The normalized spacial score (nSPS) is 11.8. The van der Waals surface area contributed by atoms with Crippen LogP contribution in [0.4, 0.5) is 4.39 Å². The molecule has 0 radical (unpaired) electrons. The summed E-state index contributed by atoms with van der Waals surface area (Å²) in [5, 5.41) is 5.05. The van der Waals surface area contributed by atoms with Gasteiger partial charge in [0.1, 0.15) is 19.0 Å². The van der Waals surface area contributed by atoms with Gasteiger partial charge in [0.2, 0.25) is 10.0 Å². The van der Waals surface area contributed by atoms with Crippen molar-refractivity contribution in [3.63, 3.8) is 0 Å². The van der Waals surface area contributed by atoms with E-state index in [2.05, 4.69) is 0 Å². The molecule has 0 saturated heterocycles. The van der Waals surface area contributed by atoms with Crippen molar-refractivity contribution in [3.05, 3.63) is 23.8 Å². The molecule has 0 aromatic heterocycles. The number of ether oxygens (including phenoxy) is 1. The molecule has 0 spiro atoms. The van der Waals surface area contributed by atoms with Gasteiger partial charge in [-0.15, -0.1) is 0 Å². The minimum absolute atomic E-state index is 0.0359. The largest absolute Gasteiger partial charge is 0.491 e. The Bertz CT molecular complexity index is 485. The smallest absolute Gasteiger partial charge is 0.238 e. The summed E-state index contributed by atoms with van der Waals surface area (Å²) in [4.78, 5) is 0.0359. The van der Waals surface area contributed by atoms with Gasteiger partial charge in [-0.2, -0.15) is 0 Å². The number of rotatable bonds is 5. The van der Waals surface area contributed by atoms with E-state index in [1.54, 1.807) is 0 Å². The Kier molecular flexibility index (Phi) is 4.47. The van der Waals surface area contributed by atoms with E-state index in [9.17, 15) is 12.8 Å². The zero-order valence-electron chi connectivity index (χ0n) is 9.81. The summed E-state index contributed by atoms with van der Waals surface area (Å²) >= 11 is 0. The predicted molar refractivity (Wildman–Crippen MR) is 63.4 cm³/mol. The zero-order chi connectivity index (χ0) is 13.1. The first-order chi connectivity index (χ1) is 7.86. The fraction of sp³-hybridized carbons (Fsp3) is 0.455. The van der Waals surface area contributed by atoms with Crippen LogP contribution in [0.2, 0.25) is 0 Å². The molecule has 0 fully saturated rings. The molecule has 0 atom stereocenters. The first-order valence-corrected chi connectivity index (χ1v) is 6.76. The average Bonchev–Trinajstić information content (AvgIpc) is 2.24. The van der Waals surface area contributed by atoms with E-state index >= 15 is 0 Å². The van der Waals surface area contributed by atoms with Gasteiger partial charge in [0.25, 0.3) is 0 Å². The van der Waals surface area contributed by atoms with Gasteiger partial charge in [-0.05, 0) is 29.7 Å². The Hall–Kier alpha value is -1.14. The van der Waals surface area contributed by atoms with Crippen LogP contribution in [0.15, 0.2) is 23.1 Å². The van der Waals surface area contributed by atoms with Crippen LogP contribution in [0, 0.1) is 0 Å². The lowest BCUT2D eigenvalue weighted by Crippen LogP contribution is -2.13. The second kappa shape index (κ2) is 5.46. The van der Waals surface area contributed by atoms with Gasteiger partial charge in [0, 0.05) is 0 Å². The van der Waals surface area contributed by atoms with Gasteiger partial charge in [0.05, 0.1) is 4.90 Å². The zero-order valence-corrected chi connectivity index (χ0v) is 10.6. The van der Waals surface area contributed by atoms with E-state index in [0.717, 1.165) is 0 Å². The Morgan fingerprint density at radius 1 is 1.41 bits per heavy atom. The quantitative estimate of drug-likeness (QED) is 0.878. The Balaban J connectivity index is 3.18. The second-order valence-corrected chi connectivity index (χ2v) is 5.50. The lowest BCUT2D eigenvalue weighted by molar-refractivity contribution is 0.270. The summed E-state index contributed by atoms with van der Waals surface area (Å²) in [6.45, 7) is 3.15. The number of alkyl halides is 1. The molecule has 1 aromatic rings. The molecule has 2 N–H and O–H groups in total. The fourth-order valence-corrected chi connectivity index (χ4v) is 1.98. The molecule has 0 saturated carbocycles. The van der Waals surface area contributed by atoms with Crippen LogP contribution >= 0.6 is 0 Å². The van der Waals surface area contributed by atoms with E-state index in [-0.39, 0.29) is 17.4 Å². The molecule has 17 heavy (non-hydrogen) atoms. The summed E-state index contributed by atoms with van der Waals surface area (Å²) in [5.41, 5.74) is 0.699. The Morgan fingerprint density at radius 3 is 2.53 bits per heavy atom. The van der Waals surface area contributed by atoms with Crippen LogP contribution in [0.1, 0.15) is 25.3 Å². The summed E-state index contributed by atoms with van der Waals surface area (Å²) in [5.74, 6) is 0.552. The molecule has 0 amide bonds. The Labute approximate surface area is 101 Å². The SMILES string of the molecule is CC(C)c1cc(S(N)(=O)=O)ccc1OCCF. The molecule has 6 heteroatoms. The highest BCUT2D eigenvalue weighted by Crippen LogP contribution is 2.28. The number of nitrogens with two attached hydrogens (primary N) is 1. The molecule has 96 valence electrons. The molecule has 0 heterocycles. The molecule has 1 aromatic carbocycles. The van der Waals surface area contributed by atoms with Crippen molar-refractivity contribution in [2.24, 2.45) is 5.14 Å². The maximum absolute atomic E-state index is 12.0. The molecule has 0 aliphatic carbocycles. The summed E-state index contributed by atoms with van der Waals surface area (Å²) in [6.07, 6.45) is 0. The lowest BCUT2D eigenvalue weighted by Gasteiger charge is -2.14. The van der Waals surface area contributed by atoms with Crippen molar-refractivity contribution in [3.8, 4) is 5.75 Å². The monoisotopic (exact) mass is 261 g/mol. The van der Waals surface area contributed by atoms with Crippen LogP contribution in [-0.4, -0.2) is 21.7 Å². The lowest BCUT2D eigenvalue weighted by atomic mass is 10.0. The maximum atomic E-state index is 12.0. The van der Waals surface area contributed by atoms with Gasteiger partial charge in [-0.25, -0.2) is 17.9 Å². The van der Waals surface area contributed by atoms with Crippen LogP contribution in [0.3, 0.4) is 0 Å². The minimum Gasteiger partial charge on any atom is -0.491 e. The van der Waals surface area contributed by atoms with E-state index in [0.29, 0.717) is 11.3 Å². The fourth-order valence-electron chi connectivity index (χ4n) is 1.43. The third-order valence-corrected chi connectivity index (χ3v) is 3.18. The summed E-state index contributed by atoms with van der Waals surface area (Å²) in [7, 11) is -3.73. The highest BCUT2D eigenvalue weighted by atomic mass is 32.2. The topological polar surface area (TPSA) is 69.4 Å². The number of halogens is 1. The van der Waals surface area contributed by atoms with Gasteiger partial charge in [-0.3, -0.25) is 0 Å². The molecule has 0 unspecified atom stereocenters. The first-order valence-electron chi connectivity index (χ1n) is 5.21. The van der Waals surface area contributed by atoms with Crippen LogP contribution in [0.25, 0.3) is 0 Å². The van der Waals surface area contributed by atoms with Gasteiger partial charge < -0.3 is 4.74 Å². The van der Waals surface area contributed by atoms with Crippen molar-refractivity contribution in [2.75, 3.05) is 13.3 Å². The maximum Gasteiger partial charge on any atom is 0.238 e. The molecule has 0 bridgehead atoms. The van der Waals surface area contributed by atoms with Crippen LogP contribution < -0.4 is 9.88 Å². The van der Waals surface area contributed by atoms with Gasteiger partial charge >= 0.3 is 0 Å². The molecule has 1 rings (SSSR count). The van der Waals surface area contributed by atoms with Gasteiger partial charge in [0.15, 0.2) is 0 Å². The van der Waals surface area contributed by atoms with E-state index in [4.69, 9.17) is 9.88 Å². The molecular weight excluding hydrogens is 245 g/mol. The van der Waals surface area contributed by atoms with Crippen molar-refractivity contribution in [1.82, 2.24) is 0 Å². The number of sulfonamides is 1. The van der Waals surface area contributed by atoms with Gasteiger partial charge in [-0.1, -0.05) is 13.8 Å². The van der Waals surface area contributed by atoms with Crippen molar-refractivity contribution in [1.29, 1.82) is 0 Å². The molecular formula is C11H16FNO3S. The number of hydrogen-bond acceptors (Lipinski definition) is 3. The average molecular weight is 261 g/mol. The highest BCUT2D eigenvalue weighted by Gasteiger charge is 2.14. The van der Waals surface area contributed by atoms with Crippen LogP contribution in [-0.2, 0) is 10.0 Å². The van der Waals surface area contributed by atoms with E-state index in [1.165, 1.54) is 18.2 Å². The summed E-state index contributed by atoms with van der Waals surface area (Å²) < 4.78 is 39.7.